The zero-order chi connectivity index (χ0) is 17.1. The first-order chi connectivity index (χ1) is 9.93. The lowest BCUT2D eigenvalue weighted by Crippen LogP contribution is -2.61. The molecule has 0 radical (unpaired) electrons. The third kappa shape index (κ3) is 6.14. The second-order valence-electron chi connectivity index (χ2n) is 4.77. The highest BCUT2D eigenvalue weighted by atomic mass is 32.2. The Morgan fingerprint density at radius 1 is 1.09 bits per heavy atom. The Kier molecular flexibility index (Phi) is 6.29. The van der Waals surface area contributed by atoms with Crippen molar-refractivity contribution in [3.05, 3.63) is 0 Å². The van der Waals surface area contributed by atoms with Gasteiger partial charge in [-0.3, -0.25) is 13.2 Å². The Bertz CT molecular complexity index is 600. The number of hydrogen-bond acceptors (Lipinski definition) is 9. The lowest BCUT2D eigenvalue weighted by Gasteiger charge is -2.40. The fourth-order valence-electron chi connectivity index (χ4n) is 1.98. The Balaban J connectivity index is 3.16. The minimum atomic E-state index is -3.95. The van der Waals surface area contributed by atoms with Crippen LogP contribution < -0.4 is 5.32 Å². The molecule has 1 rings (SSSR count). The van der Waals surface area contributed by atoms with E-state index < -0.39 is 50.7 Å². The van der Waals surface area contributed by atoms with Gasteiger partial charge in [0.1, 0.15) is 6.10 Å². The first kappa shape index (κ1) is 19.3. The Morgan fingerprint density at radius 2 is 1.59 bits per heavy atom. The zero-order valence-corrected chi connectivity index (χ0v) is 14.1. The molecule has 0 aromatic carbocycles. The van der Waals surface area contributed by atoms with Gasteiger partial charge < -0.3 is 14.8 Å². The minimum Gasteiger partial charge on any atom is -0.353 e. The van der Waals surface area contributed by atoms with E-state index in [0.717, 1.165) is 12.5 Å². The molecule has 0 aromatic rings. The predicted molar refractivity (Wildman–Crippen MR) is 73.8 cm³/mol. The SMILES string of the molecule is CO[C@H]1OC[C@@H](NC(C)=O)[C@H](OS(C)(=O)=O)[C@H]1OS(C)(=O)=O. The predicted octanol–water partition coefficient (Wildman–Crippen LogP) is -1.82. The van der Waals surface area contributed by atoms with Gasteiger partial charge in [-0.05, 0) is 0 Å². The summed E-state index contributed by atoms with van der Waals surface area (Å²) >= 11 is 0. The van der Waals surface area contributed by atoms with E-state index in [4.69, 9.17) is 17.8 Å². The average molecular weight is 361 g/mol. The molecule has 1 aliphatic heterocycles. The van der Waals surface area contributed by atoms with Crippen molar-refractivity contribution in [1.29, 1.82) is 0 Å². The summed E-state index contributed by atoms with van der Waals surface area (Å²) in [5, 5.41) is 2.43. The minimum absolute atomic E-state index is 0.137. The van der Waals surface area contributed by atoms with Gasteiger partial charge in [-0.1, -0.05) is 0 Å². The van der Waals surface area contributed by atoms with Crippen molar-refractivity contribution in [1.82, 2.24) is 5.32 Å². The number of ether oxygens (including phenoxy) is 2. The zero-order valence-electron chi connectivity index (χ0n) is 12.5. The van der Waals surface area contributed by atoms with Crippen LogP contribution in [0.3, 0.4) is 0 Å². The summed E-state index contributed by atoms with van der Waals surface area (Å²) in [7, 11) is -6.67. The third-order valence-electron chi connectivity index (χ3n) is 2.62. The first-order valence-corrected chi connectivity index (χ1v) is 9.74. The second-order valence-corrected chi connectivity index (χ2v) is 7.98. The number of carbonyl (C=O) groups is 1. The quantitative estimate of drug-likeness (QED) is 0.543. The van der Waals surface area contributed by atoms with Crippen LogP contribution in [0, 0.1) is 0 Å². The normalized spacial score (nSPS) is 30.0. The molecule has 1 N–H and O–H groups in total. The highest BCUT2D eigenvalue weighted by molar-refractivity contribution is 7.86. The molecule has 0 aliphatic carbocycles. The largest absolute Gasteiger partial charge is 0.353 e. The summed E-state index contributed by atoms with van der Waals surface area (Å²) in [6, 6.07) is -0.926. The summed E-state index contributed by atoms with van der Waals surface area (Å²) in [4.78, 5) is 11.2. The number of nitrogens with one attached hydrogen (secondary N) is 1. The van der Waals surface area contributed by atoms with E-state index in [1.807, 2.05) is 0 Å². The van der Waals surface area contributed by atoms with Gasteiger partial charge in [0, 0.05) is 14.0 Å². The van der Waals surface area contributed by atoms with Gasteiger partial charge >= 0.3 is 0 Å². The highest BCUT2D eigenvalue weighted by Crippen LogP contribution is 2.24. The summed E-state index contributed by atoms with van der Waals surface area (Å²) in [6.45, 7) is 1.08. The van der Waals surface area contributed by atoms with Crippen molar-refractivity contribution in [2.45, 2.75) is 31.5 Å². The van der Waals surface area contributed by atoms with E-state index >= 15 is 0 Å². The summed E-state index contributed by atoms with van der Waals surface area (Å²) in [5.74, 6) is -0.468. The Hall–Kier alpha value is -0.790. The van der Waals surface area contributed by atoms with E-state index in [0.29, 0.717) is 0 Å². The van der Waals surface area contributed by atoms with E-state index in [-0.39, 0.29) is 6.61 Å². The average Bonchev–Trinajstić information content (AvgIpc) is 2.29. The highest BCUT2D eigenvalue weighted by Gasteiger charge is 2.46. The van der Waals surface area contributed by atoms with Gasteiger partial charge in [0.25, 0.3) is 20.2 Å². The van der Waals surface area contributed by atoms with Crippen molar-refractivity contribution in [3.8, 4) is 0 Å². The van der Waals surface area contributed by atoms with E-state index in [9.17, 15) is 21.6 Å². The molecule has 0 saturated carbocycles. The molecule has 0 spiro atoms. The summed E-state index contributed by atoms with van der Waals surface area (Å²) in [6.07, 6.45) is -2.31. The molecule has 1 amide bonds. The van der Waals surface area contributed by atoms with Crippen LogP contribution >= 0.6 is 0 Å². The smallest absolute Gasteiger partial charge is 0.264 e. The van der Waals surface area contributed by atoms with Crippen molar-refractivity contribution < 1.29 is 39.5 Å². The van der Waals surface area contributed by atoms with E-state index in [1.165, 1.54) is 14.0 Å². The maximum atomic E-state index is 11.4. The molecular weight excluding hydrogens is 342 g/mol. The topological polar surface area (TPSA) is 134 Å². The number of methoxy groups -OCH3 is 1. The fraction of sp³-hybridized carbons (Fsp3) is 0.900. The van der Waals surface area contributed by atoms with Crippen LogP contribution in [0.4, 0.5) is 0 Å². The Morgan fingerprint density at radius 3 is 2.00 bits per heavy atom. The van der Waals surface area contributed by atoms with Crippen molar-refractivity contribution in [3.63, 3.8) is 0 Å². The summed E-state index contributed by atoms with van der Waals surface area (Å²) < 4.78 is 65.5. The van der Waals surface area contributed by atoms with Gasteiger partial charge in [0.15, 0.2) is 12.4 Å². The van der Waals surface area contributed by atoms with Crippen LogP contribution in [0.25, 0.3) is 0 Å². The standard InChI is InChI=1S/C10H19NO9S2/c1-6(12)11-7-5-18-10(17-2)9(20-22(4,15)16)8(7)19-21(3,13)14/h7-10H,5H2,1-4H3,(H,11,12)/t7-,8+,9-,10+/m1/s1. The third-order valence-corrected chi connectivity index (χ3v) is 3.77. The molecule has 1 aliphatic rings. The maximum absolute atomic E-state index is 11.4. The first-order valence-electron chi connectivity index (χ1n) is 6.11. The number of hydrogen-bond donors (Lipinski definition) is 1. The molecule has 0 bridgehead atoms. The van der Waals surface area contributed by atoms with Crippen LogP contribution in [0.15, 0.2) is 0 Å². The number of amides is 1. The van der Waals surface area contributed by atoms with E-state index in [1.54, 1.807) is 0 Å². The van der Waals surface area contributed by atoms with E-state index in [2.05, 4.69) is 5.32 Å². The second kappa shape index (κ2) is 7.19. The molecule has 10 nitrogen and oxygen atoms in total. The van der Waals surface area contributed by atoms with Crippen molar-refractivity contribution >= 4 is 26.1 Å². The molecule has 1 fully saturated rings. The number of carbonyl (C=O) groups excluding carboxylic acids is 1. The maximum Gasteiger partial charge on any atom is 0.264 e. The van der Waals surface area contributed by atoms with Gasteiger partial charge in [-0.15, -0.1) is 0 Å². The van der Waals surface area contributed by atoms with Gasteiger partial charge in [-0.2, -0.15) is 16.8 Å². The lowest BCUT2D eigenvalue weighted by molar-refractivity contribution is -0.227. The molecular formula is C10H19NO9S2. The van der Waals surface area contributed by atoms with Crippen molar-refractivity contribution in [2.75, 3.05) is 26.2 Å². The molecule has 1 saturated heterocycles. The number of rotatable bonds is 6. The lowest BCUT2D eigenvalue weighted by atomic mass is 10.0. The Labute approximate surface area is 129 Å². The van der Waals surface area contributed by atoms with Crippen LogP contribution in [0.2, 0.25) is 0 Å². The van der Waals surface area contributed by atoms with Crippen LogP contribution in [0.5, 0.6) is 0 Å². The molecule has 12 heteroatoms. The van der Waals surface area contributed by atoms with Crippen LogP contribution in [-0.4, -0.2) is 73.5 Å². The molecule has 130 valence electrons. The van der Waals surface area contributed by atoms with Crippen molar-refractivity contribution in [2.24, 2.45) is 0 Å². The van der Waals surface area contributed by atoms with Gasteiger partial charge in [-0.25, -0.2) is 0 Å². The fourth-order valence-corrected chi connectivity index (χ4v) is 3.24. The summed E-state index contributed by atoms with van der Waals surface area (Å²) in [5.41, 5.74) is 0. The van der Waals surface area contributed by atoms with Gasteiger partial charge in [0.2, 0.25) is 5.91 Å². The molecule has 22 heavy (non-hydrogen) atoms. The molecule has 1 heterocycles. The molecule has 0 aromatic heterocycles. The van der Waals surface area contributed by atoms with Gasteiger partial charge in [0.05, 0.1) is 25.2 Å². The monoisotopic (exact) mass is 361 g/mol. The molecule has 0 unspecified atom stereocenters. The molecule has 4 atom stereocenters. The van der Waals surface area contributed by atoms with Crippen LogP contribution in [0.1, 0.15) is 6.92 Å². The van der Waals surface area contributed by atoms with Crippen LogP contribution in [-0.2, 0) is 42.9 Å².